The molecule has 0 fully saturated rings. The molecule has 1 aromatic rings. The third-order valence-corrected chi connectivity index (χ3v) is 3.22. The summed E-state index contributed by atoms with van der Waals surface area (Å²) >= 11 is 3.24. The molecule has 23 heavy (non-hydrogen) atoms. The predicted molar refractivity (Wildman–Crippen MR) is 91.7 cm³/mol. The van der Waals surface area contributed by atoms with Crippen molar-refractivity contribution in [1.82, 2.24) is 5.32 Å². The second-order valence-electron chi connectivity index (χ2n) is 5.32. The van der Waals surface area contributed by atoms with E-state index in [2.05, 4.69) is 26.6 Å². The number of hydrogen-bond donors (Lipinski definition) is 2. The van der Waals surface area contributed by atoms with E-state index < -0.39 is 10.3 Å². The maximum Gasteiger partial charge on any atom is 0.338 e. The molecule has 7 heteroatoms. The van der Waals surface area contributed by atoms with E-state index in [9.17, 15) is 14.4 Å². The highest BCUT2D eigenvalue weighted by molar-refractivity contribution is 9.10. The molecule has 2 N–H and O–H groups in total. The number of alkyl halides is 1. The highest BCUT2D eigenvalue weighted by Crippen LogP contribution is 2.15. The van der Waals surface area contributed by atoms with Gasteiger partial charge in [0.15, 0.2) is 0 Å². The minimum absolute atomic E-state index is 0.161. The number of halogens is 1. The first-order chi connectivity index (χ1) is 10.7. The molecule has 2 amide bonds. The van der Waals surface area contributed by atoms with Crippen LogP contribution in [0.3, 0.4) is 0 Å². The summed E-state index contributed by atoms with van der Waals surface area (Å²) in [6, 6.07) is 6.43. The van der Waals surface area contributed by atoms with Crippen LogP contribution in [0, 0.1) is 0 Å². The fraction of sp³-hybridized carbons (Fsp3) is 0.438. The van der Waals surface area contributed by atoms with Crippen LogP contribution in [0.15, 0.2) is 24.3 Å². The van der Waals surface area contributed by atoms with Crippen molar-refractivity contribution in [3.8, 4) is 0 Å². The Hall–Kier alpha value is -1.89. The van der Waals surface area contributed by atoms with Crippen molar-refractivity contribution < 1.29 is 19.1 Å². The maximum absolute atomic E-state index is 11.8. The molecule has 6 nitrogen and oxygen atoms in total. The van der Waals surface area contributed by atoms with Gasteiger partial charge in [-0.1, -0.05) is 15.9 Å². The minimum atomic E-state index is -0.660. The van der Waals surface area contributed by atoms with Crippen molar-refractivity contribution >= 4 is 39.4 Å². The number of esters is 1. The second-order valence-corrected chi connectivity index (χ2v) is 7.31. The Balaban J connectivity index is 2.43. The maximum atomic E-state index is 11.8. The van der Waals surface area contributed by atoms with Crippen LogP contribution in [-0.2, 0) is 14.3 Å². The van der Waals surface area contributed by atoms with Crippen molar-refractivity contribution in [2.45, 2.75) is 31.5 Å². The Labute approximate surface area is 144 Å². The third kappa shape index (κ3) is 6.81. The molecule has 1 aromatic carbocycles. The van der Waals surface area contributed by atoms with Gasteiger partial charge in [-0.15, -0.1) is 0 Å². The molecule has 126 valence electrons. The van der Waals surface area contributed by atoms with Crippen LogP contribution >= 0.6 is 15.9 Å². The monoisotopic (exact) mass is 384 g/mol. The topological polar surface area (TPSA) is 84.5 Å². The average Bonchev–Trinajstić information content (AvgIpc) is 2.47. The quantitative estimate of drug-likeness (QED) is 0.558. The van der Waals surface area contributed by atoms with E-state index in [0.29, 0.717) is 17.9 Å². The molecular formula is C16H21BrN2O4. The van der Waals surface area contributed by atoms with Crippen LogP contribution in [0.1, 0.15) is 37.6 Å². The number of nitrogens with one attached hydrogen (secondary N) is 2. The zero-order valence-electron chi connectivity index (χ0n) is 13.4. The van der Waals surface area contributed by atoms with Crippen molar-refractivity contribution in [1.29, 1.82) is 0 Å². The first-order valence-electron chi connectivity index (χ1n) is 7.28. The summed E-state index contributed by atoms with van der Waals surface area (Å²) in [6.07, 6.45) is 0.161. The summed E-state index contributed by atoms with van der Waals surface area (Å²) in [5, 5.41) is 5.37. The van der Waals surface area contributed by atoms with Crippen LogP contribution in [0.5, 0.6) is 0 Å². The standard InChI is InChI=1S/C16H21BrN2O4/c1-4-23-14(21)11-5-7-12(8-6-11)19-13(20)9-10-18-15(22)16(2,3)17/h5-8H,4,9-10H2,1-3H3,(H,18,22)(H,19,20). The molecule has 0 aliphatic rings. The van der Waals surface area contributed by atoms with Gasteiger partial charge >= 0.3 is 5.97 Å². The van der Waals surface area contributed by atoms with Gasteiger partial charge in [-0.25, -0.2) is 4.79 Å². The van der Waals surface area contributed by atoms with E-state index >= 15 is 0 Å². The van der Waals surface area contributed by atoms with E-state index in [-0.39, 0.29) is 24.8 Å². The molecule has 0 aliphatic carbocycles. The Kier molecular flexibility index (Phi) is 7.22. The van der Waals surface area contributed by atoms with Gasteiger partial charge in [0, 0.05) is 18.7 Å². The molecule has 0 aliphatic heterocycles. The van der Waals surface area contributed by atoms with Crippen LogP contribution in [-0.4, -0.2) is 35.3 Å². The lowest BCUT2D eigenvalue weighted by Crippen LogP contribution is -2.38. The molecule has 0 saturated heterocycles. The number of carbonyl (C=O) groups is 3. The lowest BCUT2D eigenvalue weighted by atomic mass is 10.2. The van der Waals surface area contributed by atoms with E-state index in [4.69, 9.17) is 4.74 Å². The number of ether oxygens (including phenoxy) is 1. The van der Waals surface area contributed by atoms with Gasteiger partial charge in [-0.2, -0.15) is 0 Å². The smallest absolute Gasteiger partial charge is 0.338 e. The largest absolute Gasteiger partial charge is 0.462 e. The van der Waals surface area contributed by atoms with Crippen molar-refractivity contribution in [2.24, 2.45) is 0 Å². The molecule has 0 radical (unpaired) electrons. The Morgan fingerprint density at radius 2 is 1.78 bits per heavy atom. The summed E-state index contributed by atoms with van der Waals surface area (Å²) in [4.78, 5) is 34.9. The zero-order chi connectivity index (χ0) is 17.5. The van der Waals surface area contributed by atoms with Gasteiger partial charge in [-0.05, 0) is 45.0 Å². The molecule has 0 bridgehead atoms. The Morgan fingerprint density at radius 3 is 2.30 bits per heavy atom. The van der Waals surface area contributed by atoms with Crippen molar-refractivity contribution in [3.05, 3.63) is 29.8 Å². The van der Waals surface area contributed by atoms with Gasteiger partial charge in [0.2, 0.25) is 11.8 Å². The normalized spacial score (nSPS) is 10.8. The van der Waals surface area contributed by atoms with Crippen LogP contribution in [0.25, 0.3) is 0 Å². The summed E-state index contributed by atoms with van der Waals surface area (Å²) in [6.45, 7) is 5.76. The number of carbonyl (C=O) groups excluding carboxylic acids is 3. The molecule has 0 unspecified atom stereocenters. The number of hydrogen-bond acceptors (Lipinski definition) is 4. The summed E-state index contributed by atoms with van der Waals surface area (Å²) < 4.78 is 4.22. The van der Waals surface area contributed by atoms with Gasteiger partial charge in [-0.3, -0.25) is 9.59 Å². The predicted octanol–water partition coefficient (Wildman–Crippen LogP) is 2.48. The molecule has 0 spiro atoms. The number of amides is 2. The number of rotatable bonds is 7. The van der Waals surface area contributed by atoms with Crippen molar-refractivity contribution in [2.75, 3.05) is 18.5 Å². The van der Waals surface area contributed by atoms with E-state index in [1.54, 1.807) is 45.0 Å². The Morgan fingerprint density at radius 1 is 1.17 bits per heavy atom. The minimum Gasteiger partial charge on any atom is -0.462 e. The van der Waals surface area contributed by atoms with Gasteiger partial charge in [0.05, 0.1) is 16.5 Å². The fourth-order valence-electron chi connectivity index (χ4n) is 1.63. The Bertz CT molecular complexity index is 564. The molecule has 0 atom stereocenters. The first kappa shape index (κ1) is 19.2. The number of anilines is 1. The summed E-state index contributed by atoms with van der Waals surface area (Å²) in [5.41, 5.74) is 1.01. The molecular weight excluding hydrogens is 364 g/mol. The van der Waals surface area contributed by atoms with Gasteiger partial charge in [0.25, 0.3) is 0 Å². The molecule has 1 rings (SSSR count). The highest BCUT2D eigenvalue weighted by atomic mass is 79.9. The second kappa shape index (κ2) is 8.67. The first-order valence-corrected chi connectivity index (χ1v) is 8.07. The third-order valence-electron chi connectivity index (χ3n) is 2.86. The van der Waals surface area contributed by atoms with Crippen molar-refractivity contribution in [3.63, 3.8) is 0 Å². The average molecular weight is 385 g/mol. The van der Waals surface area contributed by atoms with Crippen LogP contribution in [0.2, 0.25) is 0 Å². The van der Waals surface area contributed by atoms with Gasteiger partial charge < -0.3 is 15.4 Å². The van der Waals surface area contributed by atoms with Crippen LogP contribution in [0.4, 0.5) is 5.69 Å². The lowest BCUT2D eigenvalue weighted by molar-refractivity contribution is -0.122. The molecule has 0 aromatic heterocycles. The molecule has 0 saturated carbocycles. The van der Waals surface area contributed by atoms with Gasteiger partial charge in [0.1, 0.15) is 0 Å². The summed E-state index contributed by atoms with van der Waals surface area (Å²) in [5.74, 6) is -0.795. The van der Waals surface area contributed by atoms with E-state index in [1.165, 1.54) is 0 Å². The zero-order valence-corrected chi connectivity index (χ0v) is 15.0. The highest BCUT2D eigenvalue weighted by Gasteiger charge is 2.22. The fourth-order valence-corrected chi connectivity index (χ4v) is 1.77. The van der Waals surface area contributed by atoms with Crippen LogP contribution < -0.4 is 10.6 Å². The molecule has 0 heterocycles. The van der Waals surface area contributed by atoms with E-state index in [0.717, 1.165) is 0 Å². The lowest BCUT2D eigenvalue weighted by Gasteiger charge is -2.15. The summed E-state index contributed by atoms with van der Waals surface area (Å²) in [7, 11) is 0. The number of benzene rings is 1. The SMILES string of the molecule is CCOC(=O)c1ccc(NC(=O)CCNC(=O)C(C)(C)Br)cc1. The van der Waals surface area contributed by atoms with E-state index in [1.807, 2.05) is 0 Å².